The first-order valence-electron chi connectivity index (χ1n) is 8.03. The summed E-state index contributed by atoms with van der Waals surface area (Å²) in [6, 6.07) is -0.197. The minimum absolute atomic E-state index is 0.197. The van der Waals surface area contributed by atoms with E-state index in [1.54, 1.807) is 4.90 Å². The predicted octanol–water partition coefficient (Wildman–Crippen LogP) is 3.06. The zero-order valence-corrected chi connectivity index (χ0v) is 16.4. The van der Waals surface area contributed by atoms with E-state index in [4.69, 9.17) is 9.47 Å². The van der Waals surface area contributed by atoms with Gasteiger partial charge in [-0.05, 0) is 33.6 Å². The van der Waals surface area contributed by atoms with Gasteiger partial charge in [0.2, 0.25) is 0 Å². The lowest BCUT2D eigenvalue weighted by atomic mass is 9.93. The van der Waals surface area contributed by atoms with Crippen molar-refractivity contribution in [2.45, 2.75) is 64.9 Å². The van der Waals surface area contributed by atoms with E-state index in [0.717, 1.165) is 0 Å². The minimum Gasteiger partial charge on any atom is -0.469 e. The van der Waals surface area contributed by atoms with Gasteiger partial charge in [0.15, 0.2) is 0 Å². The molecule has 0 aromatic carbocycles. The van der Waals surface area contributed by atoms with E-state index in [1.807, 2.05) is 20.8 Å². The highest BCUT2D eigenvalue weighted by Gasteiger charge is 2.36. The third kappa shape index (κ3) is 6.65. The fourth-order valence-corrected chi connectivity index (χ4v) is 2.90. The molecule has 0 spiro atoms. The zero-order chi connectivity index (χ0) is 17.8. The second kappa shape index (κ2) is 7.39. The number of hydrogen-bond donors (Lipinski definition) is 0. The SMILES string of the molecule is COC(=O)C1CCC(C#C[Si](C)(C)C)N(C(=O)OC(C)(C)C)C1. The van der Waals surface area contributed by atoms with E-state index < -0.39 is 19.8 Å². The number of nitrogens with zero attached hydrogens (tertiary/aromatic N) is 1. The lowest BCUT2D eigenvalue weighted by molar-refractivity contribution is -0.147. The van der Waals surface area contributed by atoms with Gasteiger partial charge in [0, 0.05) is 6.54 Å². The normalized spacial score (nSPS) is 22.0. The first kappa shape index (κ1) is 19.6. The molecule has 1 aliphatic rings. The Bertz CT molecular complexity index is 507. The molecule has 0 aromatic heterocycles. The lowest BCUT2D eigenvalue weighted by Crippen LogP contribution is -2.50. The topological polar surface area (TPSA) is 55.8 Å². The fourth-order valence-electron chi connectivity index (χ4n) is 2.30. The Morgan fingerprint density at radius 3 is 2.26 bits per heavy atom. The van der Waals surface area contributed by atoms with E-state index in [-0.39, 0.29) is 17.9 Å². The van der Waals surface area contributed by atoms with Gasteiger partial charge in [-0.1, -0.05) is 25.6 Å². The van der Waals surface area contributed by atoms with Crippen LogP contribution in [0.2, 0.25) is 19.6 Å². The van der Waals surface area contributed by atoms with Crippen LogP contribution in [0.4, 0.5) is 4.79 Å². The van der Waals surface area contributed by atoms with Crippen molar-refractivity contribution in [1.29, 1.82) is 0 Å². The molecule has 1 heterocycles. The molecule has 0 bridgehead atoms. The van der Waals surface area contributed by atoms with Crippen molar-refractivity contribution in [2.75, 3.05) is 13.7 Å². The second-order valence-corrected chi connectivity index (χ2v) is 12.7. The monoisotopic (exact) mass is 339 g/mol. The highest BCUT2D eigenvalue weighted by atomic mass is 28.3. The minimum atomic E-state index is -1.53. The van der Waals surface area contributed by atoms with Crippen LogP contribution in [0, 0.1) is 17.4 Å². The van der Waals surface area contributed by atoms with Crippen LogP contribution in [-0.4, -0.2) is 50.3 Å². The van der Waals surface area contributed by atoms with E-state index in [2.05, 4.69) is 31.1 Å². The Hall–Kier alpha value is -1.48. The maximum atomic E-state index is 12.5. The zero-order valence-electron chi connectivity index (χ0n) is 15.4. The molecule has 1 amide bonds. The quantitative estimate of drug-likeness (QED) is 0.418. The van der Waals surface area contributed by atoms with Crippen LogP contribution in [0.15, 0.2) is 0 Å². The van der Waals surface area contributed by atoms with Crippen LogP contribution in [0.3, 0.4) is 0 Å². The summed E-state index contributed by atoms with van der Waals surface area (Å²) < 4.78 is 10.3. The van der Waals surface area contributed by atoms with E-state index in [1.165, 1.54) is 7.11 Å². The molecule has 2 unspecified atom stereocenters. The Kier molecular flexibility index (Phi) is 6.29. The van der Waals surface area contributed by atoms with Crippen LogP contribution in [0.1, 0.15) is 33.6 Å². The molecule has 5 nitrogen and oxygen atoms in total. The number of esters is 1. The highest BCUT2D eigenvalue weighted by molar-refractivity contribution is 6.83. The van der Waals surface area contributed by atoms with Gasteiger partial charge in [0.1, 0.15) is 13.7 Å². The Labute approximate surface area is 140 Å². The third-order valence-corrected chi connectivity index (χ3v) is 4.25. The number of rotatable bonds is 1. The number of methoxy groups -OCH3 is 1. The number of carbonyl (C=O) groups is 2. The van der Waals surface area contributed by atoms with Crippen LogP contribution in [-0.2, 0) is 14.3 Å². The van der Waals surface area contributed by atoms with Gasteiger partial charge in [0.05, 0.1) is 19.1 Å². The average Bonchev–Trinajstić information content (AvgIpc) is 2.41. The van der Waals surface area contributed by atoms with Gasteiger partial charge in [-0.25, -0.2) is 4.79 Å². The van der Waals surface area contributed by atoms with Crippen LogP contribution in [0.5, 0.6) is 0 Å². The van der Waals surface area contributed by atoms with E-state index in [0.29, 0.717) is 19.4 Å². The Morgan fingerprint density at radius 1 is 1.17 bits per heavy atom. The van der Waals surface area contributed by atoms with Gasteiger partial charge < -0.3 is 9.47 Å². The van der Waals surface area contributed by atoms with Crippen molar-refractivity contribution in [3.8, 4) is 11.5 Å². The summed E-state index contributed by atoms with van der Waals surface area (Å²) in [5.74, 6) is 2.65. The van der Waals surface area contributed by atoms with Crippen molar-refractivity contribution >= 4 is 20.1 Å². The maximum absolute atomic E-state index is 12.5. The lowest BCUT2D eigenvalue weighted by Gasteiger charge is -2.37. The number of hydrogen-bond acceptors (Lipinski definition) is 4. The summed E-state index contributed by atoms with van der Waals surface area (Å²) in [5, 5.41) is 0. The molecule has 0 aliphatic carbocycles. The van der Waals surface area contributed by atoms with Crippen LogP contribution < -0.4 is 0 Å². The fraction of sp³-hybridized carbons (Fsp3) is 0.765. The first-order chi connectivity index (χ1) is 10.4. The highest BCUT2D eigenvalue weighted by Crippen LogP contribution is 2.25. The molecule has 0 saturated carbocycles. The molecule has 130 valence electrons. The van der Waals surface area contributed by atoms with Crippen LogP contribution >= 0.6 is 0 Å². The van der Waals surface area contributed by atoms with Gasteiger partial charge in [-0.3, -0.25) is 9.69 Å². The summed E-state index contributed by atoms with van der Waals surface area (Å²) in [4.78, 5) is 25.9. The summed E-state index contributed by atoms with van der Waals surface area (Å²) >= 11 is 0. The molecule has 23 heavy (non-hydrogen) atoms. The van der Waals surface area contributed by atoms with Gasteiger partial charge in [0.25, 0.3) is 0 Å². The first-order valence-corrected chi connectivity index (χ1v) is 11.5. The average molecular weight is 340 g/mol. The van der Waals surface area contributed by atoms with Gasteiger partial charge >= 0.3 is 12.1 Å². The largest absolute Gasteiger partial charge is 0.469 e. The molecule has 1 saturated heterocycles. The summed E-state index contributed by atoms with van der Waals surface area (Å²) in [6.45, 7) is 12.3. The van der Waals surface area contributed by atoms with Crippen molar-refractivity contribution < 1.29 is 19.1 Å². The Morgan fingerprint density at radius 2 is 1.78 bits per heavy atom. The molecular formula is C17H29NO4Si. The molecule has 0 radical (unpaired) electrons. The molecule has 2 atom stereocenters. The third-order valence-electron chi connectivity index (χ3n) is 3.36. The number of piperidine rings is 1. The number of likely N-dealkylation sites (tertiary alicyclic amines) is 1. The Balaban J connectivity index is 2.97. The smallest absolute Gasteiger partial charge is 0.411 e. The molecular weight excluding hydrogens is 310 g/mol. The van der Waals surface area contributed by atoms with Gasteiger partial charge in [-0.15, -0.1) is 5.54 Å². The van der Waals surface area contributed by atoms with Crippen molar-refractivity contribution in [3.63, 3.8) is 0 Å². The second-order valence-electron chi connectivity index (χ2n) is 7.97. The van der Waals surface area contributed by atoms with Crippen molar-refractivity contribution in [3.05, 3.63) is 0 Å². The number of ether oxygens (including phenoxy) is 2. The molecule has 1 fully saturated rings. The predicted molar refractivity (Wildman–Crippen MR) is 92.6 cm³/mol. The van der Waals surface area contributed by atoms with Gasteiger partial charge in [-0.2, -0.15) is 0 Å². The number of amides is 1. The van der Waals surface area contributed by atoms with E-state index in [9.17, 15) is 9.59 Å². The molecule has 0 N–H and O–H groups in total. The van der Waals surface area contributed by atoms with Crippen LogP contribution in [0.25, 0.3) is 0 Å². The molecule has 0 aromatic rings. The molecule has 6 heteroatoms. The standard InChI is InChI=1S/C17H29NO4Si/c1-17(2,3)22-16(20)18-12-13(15(19)21-4)8-9-14(18)10-11-23(5,6)7/h13-14H,8-9,12H2,1-7H3. The summed E-state index contributed by atoms with van der Waals surface area (Å²) in [7, 11) is -0.157. The number of carbonyl (C=O) groups excluding carboxylic acids is 2. The molecule has 1 rings (SSSR count). The summed E-state index contributed by atoms with van der Waals surface area (Å²) in [5.41, 5.74) is 2.74. The van der Waals surface area contributed by atoms with E-state index >= 15 is 0 Å². The molecule has 1 aliphatic heterocycles. The maximum Gasteiger partial charge on any atom is 0.411 e. The summed E-state index contributed by atoms with van der Waals surface area (Å²) in [6.07, 6.45) is 0.925. The van der Waals surface area contributed by atoms with Crippen molar-refractivity contribution in [1.82, 2.24) is 4.90 Å². The van der Waals surface area contributed by atoms with Crippen molar-refractivity contribution in [2.24, 2.45) is 5.92 Å².